The Kier molecular flexibility index (Phi) is 6.59. The molecular formula is C18H25N5O3. The molecule has 1 saturated heterocycles. The molecule has 140 valence electrons. The number of morpholine rings is 1. The summed E-state index contributed by atoms with van der Waals surface area (Å²) in [7, 11) is 0. The second-order valence-corrected chi connectivity index (χ2v) is 5.98. The molecule has 8 heteroatoms. The first-order chi connectivity index (χ1) is 12.8. The van der Waals surface area contributed by atoms with E-state index >= 15 is 0 Å². The number of nitrogens with zero attached hydrogens (tertiary/aromatic N) is 3. The number of aliphatic hydroxyl groups excluding tert-OH is 1. The van der Waals surface area contributed by atoms with Crippen molar-refractivity contribution in [2.75, 3.05) is 63.7 Å². The third kappa shape index (κ3) is 5.04. The zero-order valence-corrected chi connectivity index (χ0v) is 14.7. The molecule has 0 aliphatic carbocycles. The minimum atomic E-state index is 0.00836. The molecule has 0 atom stereocenters. The molecule has 1 aliphatic rings. The highest BCUT2D eigenvalue weighted by Gasteiger charge is 2.13. The van der Waals surface area contributed by atoms with Crippen LogP contribution in [0.4, 0.5) is 11.5 Å². The van der Waals surface area contributed by atoms with Gasteiger partial charge in [0.1, 0.15) is 6.61 Å². The number of nitrogens with one attached hydrogen (secondary N) is 1. The van der Waals surface area contributed by atoms with E-state index in [0.29, 0.717) is 36.2 Å². The van der Waals surface area contributed by atoms with Crippen molar-refractivity contribution >= 4 is 11.5 Å². The van der Waals surface area contributed by atoms with E-state index in [9.17, 15) is 0 Å². The van der Waals surface area contributed by atoms with Gasteiger partial charge in [-0.1, -0.05) is 0 Å². The van der Waals surface area contributed by atoms with Gasteiger partial charge in [0.25, 0.3) is 0 Å². The Labute approximate surface area is 153 Å². The maximum atomic E-state index is 9.10. The van der Waals surface area contributed by atoms with Gasteiger partial charge < -0.3 is 25.6 Å². The highest BCUT2D eigenvalue weighted by atomic mass is 16.5. The number of ether oxygens (including phenoxy) is 2. The Hall–Kier alpha value is -2.42. The number of aliphatic hydroxyl groups is 1. The van der Waals surface area contributed by atoms with Crippen LogP contribution in [0.25, 0.3) is 11.4 Å². The number of rotatable bonds is 8. The van der Waals surface area contributed by atoms with Gasteiger partial charge in [-0.25, -0.2) is 9.97 Å². The van der Waals surface area contributed by atoms with Gasteiger partial charge in [-0.2, -0.15) is 0 Å². The summed E-state index contributed by atoms with van der Waals surface area (Å²) in [6.07, 6.45) is 1.66. The molecule has 1 aliphatic heterocycles. The third-order valence-corrected chi connectivity index (χ3v) is 4.10. The van der Waals surface area contributed by atoms with Crippen LogP contribution in [0, 0.1) is 0 Å². The quantitative estimate of drug-likeness (QED) is 0.596. The zero-order valence-electron chi connectivity index (χ0n) is 14.7. The lowest BCUT2D eigenvalue weighted by atomic mass is 10.2. The normalized spacial score (nSPS) is 15.0. The molecule has 0 spiro atoms. The van der Waals surface area contributed by atoms with Crippen molar-refractivity contribution in [3.8, 4) is 17.1 Å². The van der Waals surface area contributed by atoms with Crippen molar-refractivity contribution in [1.82, 2.24) is 14.9 Å². The smallest absolute Gasteiger partial charge is 0.179 e. The standard InChI is InChI=1S/C18H25N5O3/c19-15-3-1-14(2-4-15)17-21-13-16(18(22-17)20-5-9-24)26-12-8-23-6-10-25-11-7-23/h1-4,13,24H,5-12,19H2,(H,20,21,22). The second kappa shape index (κ2) is 9.33. The number of anilines is 2. The minimum absolute atomic E-state index is 0.00836. The van der Waals surface area contributed by atoms with Crippen LogP contribution in [0.2, 0.25) is 0 Å². The van der Waals surface area contributed by atoms with Gasteiger partial charge in [-0.05, 0) is 24.3 Å². The van der Waals surface area contributed by atoms with Crippen molar-refractivity contribution in [2.45, 2.75) is 0 Å². The topological polar surface area (TPSA) is 106 Å². The molecule has 2 aromatic rings. The van der Waals surface area contributed by atoms with Crippen LogP contribution in [0.15, 0.2) is 30.5 Å². The fourth-order valence-electron chi connectivity index (χ4n) is 2.66. The monoisotopic (exact) mass is 359 g/mol. The van der Waals surface area contributed by atoms with Gasteiger partial charge >= 0.3 is 0 Å². The van der Waals surface area contributed by atoms with E-state index in [1.165, 1.54) is 0 Å². The summed E-state index contributed by atoms with van der Waals surface area (Å²) in [4.78, 5) is 11.2. The number of nitrogens with two attached hydrogens (primary N) is 1. The van der Waals surface area contributed by atoms with Crippen molar-refractivity contribution in [3.05, 3.63) is 30.5 Å². The second-order valence-electron chi connectivity index (χ2n) is 5.98. The summed E-state index contributed by atoms with van der Waals surface area (Å²) < 4.78 is 11.2. The third-order valence-electron chi connectivity index (χ3n) is 4.10. The molecule has 1 fully saturated rings. The first-order valence-corrected chi connectivity index (χ1v) is 8.77. The van der Waals surface area contributed by atoms with E-state index in [0.717, 1.165) is 38.4 Å². The van der Waals surface area contributed by atoms with Gasteiger partial charge in [-0.15, -0.1) is 0 Å². The van der Waals surface area contributed by atoms with Crippen molar-refractivity contribution in [1.29, 1.82) is 0 Å². The summed E-state index contributed by atoms with van der Waals surface area (Å²) in [5, 5.41) is 12.2. The van der Waals surface area contributed by atoms with Crippen molar-refractivity contribution < 1.29 is 14.6 Å². The lowest BCUT2D eigenvalue weighted by Gasteiger charge is -2.26. The highest BCUT2D eigenvalue weighted by molar-refractivity contribution is 5.62. The van der Waals surface area contributed by atoms with Crippen molar-refractivity contribution in [2.24, 2.45) is 0 Å². The van der Waals surface area contributed by atoms with Gasteiger partial charge in [0.15, 0.2) is 17.4 Å². The molecule has 4 N–H and O–H groups in total. The summed E-state index contributed by atoms with van der Waals surface area (Å²) in [5.74, 6) is 1.72. The van der Waals surface area contributed by atoms with Gasteiger partial charge in [0.2, 0.25) is 0 Å². The molecule has 1 aromatic carbocycles. The van der Waals surface area contributed by atoms with E-state index in [2.05, 4.69) is 20.2 Å². The number of hydrogen-bond acceptors (Lipinski definition) is 8. The average molecular weight is 359 g/mol. The lowest BCUT2D eigenvalue weighted by Crippen LogP contribution is -2.38. The number of aromatic nitrogens is 2. The van der Waals surface area contributed by atoms with E-state index in [-0.39, 0.29) is 6.61 Å². The summed E-state index contributed by atoms with van der Waals surface area (Å²) in [6.45, 7) is 5.13. The van der Waals surface area contributed by atoms with Crippen LogP contribution in [0.1, 0.15) is 0 Å². The minimum Gasteiger partial charge on any atom is -0.487 e. The number of nitrogen functional groups attached to an aromatic ring is 1. The fourth-order valence-corrected chi connectivity index (χ4v) is 2.66. The lowest BCUT2D eigenvalue weighted by molar-refractivity contribution is 0.0322. The van der Waals surface area contributed by atoms with E-state index < -0.39 is 0 Å². The molecule has 0 unspecified atom stereocenters. The summed E-state index contributed by atoms with van der Waals surface area (Å²) in [6, 6.07) is 7.37. The van der Waals surface area contributed by atoms with E-state index in [4.69, 9.17) is 20.3 Å². The molecule has 2 heterocycles. The molecule has 8 nitrogen and oxygen atoms in total. The molecule has 0 amide bonds. The maximum absolute atomic E-state index is 9.10. The van der Waals surface area contributed by atoms with Gasteiger partial charge in [0, 0.05) is 37.4 Å². The molecule has 0 radical (unpaired) electrons. The predicted molar refractivity (Wildman–Crippen MR) is 100 cm³/mol. The Morgan fingerprint density at radius 2 is 2.00 bits per heavy atom. The molecule has 1 aromatic heterocycles. The Balaban J connectivity index is 1.68. The van der Waals surface area contributed by atoms with Crippen molar-refractivity contribution in [3.63, 3.8) is 0 Å². The SMILES string of the molecule is Nc1ccc(-c2ncc(OCCN3CCOCC3)c(NCCO)n2)cc1. The van der Waals surface area contributed by atoms with E-state index in [1.54, 1.807) is 6.20 Å². The fraction of sp³-hybridized carbons (Fsp3) is 0.444. The number of benzene rings is 1. The average Bonchev–Trinajstić information content (AvgIpc) is 2.68. The van der Waals surface area contributed by atoms with Crippen LogP contribution in [0.5, 0.6) is 5.75 Å². The predicted octanol–water partition coefficient (Wildman–Crippen LogP) is 0.841. The molecule has 0 saturated carbocycles. The largest absolute Gasteiger partial charge is 0.487 e. The molecule has 3 rings (SSSR count). The maximum Gasteiger partial charge on any atom is 0.179 e. The Morgan fingerprint density at radius 3 is 2.73 bits per heavy atom. The van der Waals surface area contributed by atoms with Gasteiger partial charge in [0.05, 0.1) is 26.0 Å². The van der Waals surface area contributed by atoms with Crippen LogP contribution in [-0.2, 0) is 4.74 Å². The highest BCUT2D eigenvalue weighted by Crippen LogP contribution is 2.25. The zero-order chi connectivity index (χ0) is 18.2. The van der Waals surface area contributed by atoms with E-state index in [1.807, 2.05) is 24.3 Å². The van der Waals surface area contributed by atoms with Crippen LogP contribution < -0.4 is 15.8 Å². The summed E-state index contributed by atoms with van der Waals surface area (Å²) >= 11 is 0. The first kappa shape index (κ1) is 18.4. The van der Waals surface area contributed by atoms with Crippen LogP contribution in [-0.4, -0.2) is 72.6 Å². The Morgan fingerprint density at radius 1 is 1.23 bits per heavy atom. The van der Waals surface area contributed by atoms with Gasteiger partial charge in [-0.3, -0.25) is 4.90 Å². The Bertz CT molecular complexity index is 690. The van der Waals surface area contributed by atoms with Crippen LogP contribution in [0.3, 0.4) is 0 Å². The molecule has 26 heavy (non-hydrogen) atoms. The number of hydrogen-bond donors (Lipinski definition) is 3. The van der Waals surface area contributed by atoms with Crippen LogP contribution >= 0.6 is 0 Å². The molecule has 0 bridgehead atoms. The first-order valence-electron chi connectivity index (χ1n) is 8.77. The summed E-state index contributed by atoms with van der Waals surface area (Å²) in [5.41, 5.74) is 7.29. The molecular weight excluding hydrogens is 334 g/mol.